The largest absolute Gasteiger partial charge is 0.378 e. The van der Waals surface area contributed by atoms with Gasteiger partial charge in [0.05, 0.1) is 7.85 Å². The van der Waals surface area contributed by atoms with E-state index in [4.69, 9.17) is 7.85 Å². The normalized spacial score (nSPS) is 14.3. The highest BCUT2D eigenvalue weighted by atomic mass is 15.1. The lowest BCUT2D eigenvalue weighted by atomic mass is 9.87. The Morgan fingerprint density at radius 1 is 1.36 bits per heavy atom. The predicted molar refractivity (Wildman–Crippen MR) is 51.8 cm³/mol. The van der Waals surface area contributed by atoms with Crippen molar-refractivity contribution in [3.63, 3.8) is 0 Å². The number of allylic oxidation sites excluding steroid dienone is 1. The van der Waals surface area contributed by atoms with Crippen LogP contribution in [0.1, 0.15) is 27.2 Å². The molecule has 0 fully saturated rings. The molecule has 0 aromatic rings. The Hall–Kier alpha value is -0.395. The number of hydrogen-bond acceptors (Lipinski definition) is 1. The third kappa shape index (κ3) is 6.02. The minimum absolute atomic E-state index is 0.270. The smallest absolute Gasteiger partial charge is 0.0699 e. The summed E-state index contributed by atoms with van der Waals surface area (Å²) in [6, 6.07) is 0.569. The summed E-state index contributed by atoms with van der Waals surface area (Å²) in [5.41, 5.74) is 0. The van der Waals surface area contributed by atoms with Gasteiger partial charge in [0.1, 0.15) is 0 Å². The summed E-state index contributed by atoms with van der Waals surface area (Å²) in [5.74, 6) is 0.270. The summed E-state index contributed by atoms with van der Waals surface area (Å²) >= 11 is 0. The van der Waals surface area contributed by atoms with E-state index >= 15 is 0 Å². The zero-order valence-electron chi connectivity index (χ0n) is 8.04. The average molecular weight is 151 g/mol. The van der Waals surface area contributed by atoms with Crippen molar-refractivity contribution in [3.05, 3.63) is 12.3 Å². The van der Waals surface area contributed by atoms with Crippen molar-refractivity contribution < 1.29 is 0 Å². The molecule has 1 nitrogen and oxygen atoms in total. The molecule has 2 heteroatoms. The average Bonchev–Trinajstić information content (AvgIpc) is 1.86. The van der Waals surface area contributed by atoms with Gasteiger partial charge in [0.15, 0.2) is 0 Å². The van der Waals surface area contributed by atoms with Crippen LogP contribution in [0.3, 0.4) is 0 Å². The number of nitrogens with zero attached hydrogens (tertiary/aromatic N) is 1. The maximum Gasteiger partial charge on any atom is 0.0699 e. The molecule has 0 saturated heterocycles. The third-order valence-corrected chi connectivity index (χ3v) is 1.66. The molecule has 11 heavy (non-hydrogen) atoms. The maximum atomic E-state index is 5.58. The topological polar surface area (TPSA) is 3.24 Å². The van der Waals surface area contributed by atoms with Gasteiger partial charge in [-0.1, -0.05) is 18.8 Å². The zero-order chi connectivity index (χ0) is 8.85. The van der Waals surface area contributed by atoms with Crippen LogP contribution in [0, 0.1) is 0 Å². The van der Waals surface area contributed by atoms with E-state index in [1.807, 2.05) is 6.92 Å². The molecule has 0 aromatic heterocycles. The Kier molecular flexibility index (Phi) is 5.09. The second-order valence-electron chi connectivity index (χ2n) is 3.36. The van der Waals surface area contributed by atoms with Gasteiger partial charge in [-0.3, -0.25) is 0 Å². The lowest BCUT2D eigenvalue weighted by Gasteiger charge is -2.18. The van der Waals surface area contributed by atoms with Crippen LogP contribution in [0.2, 0.25) is 5.82 Å². The van der Waals surface area contributed by atoms with Crippen molar-refractivity contribution in [2.45, 2.75) is 39.1 Å². The van der Waals surface area contributed by atoms with Crippen LogP contribution in [0.5, 0.6) is 0 Å². The van der Waals surface area contributed by atoms with Crippen molar-refractivity contribution in [1.29, 1.82) is 0 Å². The first kappa shape index (κ1) is 10.6. The Morgan fingerprint density at radius 3 is 2.27 bits per heavy atom. The lowest BCUT2D eigenvalue weighted by Crippen LogP contribution is -2.19. The summed E-state index contributed by atoms with van der Waals surface area (Å²) in [6.07, 6.45) is 5.16. The molecule has 0 aliphatic heterocycles. The highest BCUT2D eigenvalue weighted by Crippen LogP contribution is 2.04. The van der Waals surface area contributed by atoms with Crippen LogP contribution < -0.4 is 0 Å². The van der Waals surface area contributed by atoms with Crippen LogP contribution in [0.15, 0.2) is 12.3 Å². The second-order valence-corrected chi connectivity index (χ2v) is 3.36. The van der Waals surface area contributed by atoms with E-state index in [1.165, 1.54) is 0 Å². The van der Waals surface area contributed by atoms with Crippen molar-refractivity contribution >= 4 is 7.85 Å². The minimum Gasteiger partial charge on any atom is -0.378 e. The van der Waals surface area contributed by atoms with Crippen LogP contribution in [-0.4, -0.2) is 25.8 Å². The summed E-state index contributed by atoms with van der Waals surface area (Å²) in [4.78, 5) is 2.17. The van der Waals surface area contributed by atoms with Gasteiger partial charge in [-0.25, -0.2) is 0 Å². The van der Waals surface area contributed by atoms with E-state index in [1.54, 1.807) is 0 Å². The van der Waals surface area contributed by atoms with Gasteiger partial charge in [-0.05, 0) is 26.5 Å². The third-order valence-electron chi connectivity index (χ3n) is 1.66. The fraction of sp³-hybridized carbons (Fsp3) is 0.778. The van der Waals surface area contributed by atoms with Gasteiger partial charge in [0.25, 0.3) is 0 Å². The van der Waals surface area contributed by atoms with E-state index in [0.717, 1.165) is 6.42 Å². The summed E-state index contributed by atoms with van der Waals surface area (Å²) in [6.45, 7) is 6.34. The fourth-order valence-corrected chi connectivity index (χ4v) is 0.614. The van der Waals surface area contributed by atoms with E-state index in [0.29, 0.717) is 6.04 Å². The molecule has 1 unspecified atom stereocenters. The van der Waals surface area contributed by atoms with Gasteiger partial charge in [-0.2, -0.15) is 0 Å². The van der Waals surface area contributed by atoms with Gasteiger partial charge in [0, 0.05) is 13.1 Å². The molecule has 0 aliphatic rings. The van der Waals surface area contributed by atoms with Crippen LogP contribution >= 0.6 is 0 Å². The predicted octanol–water partition coefficient (Wildman–Crippen LogP) is 2.21. The number of hydrogen-bond donors (Lipinski definition) is 0. The molecule has 62 valence electrons. The van der Waals surface area contributed by atoms with Crippen molar-refractivity contribution in [2.75, 3.05) is 7.05 Å². The molecule has 0 aromatic carbocycles. The Balaban J connectivity index is 3.56. The van der Waals surface area contributed by atoms with E-state index in [9.17, 15) is 0 Å². The molecule has 1 atom stereocenters. The molecule has 0 rings (SSSR count). The van der Waals surface area contributed by atoms with Crippen LogP contribution in [0.25, 0.3) is 0 Å². The molecule has 0 bridgehead atoms. The first-order valence-corrected chi connectivity index (χ1v) is 4.18. The lowest BCUT2D eigenvalue weighted by molar-refractivity contribution is 0.374. The molecule has 0 spiro atoms. The van der Waals surface area contributed by atoms with E-state index in [-0.39, 0.29) is 5.82 Å². The SMILES string of the molecule is [B]C(C)CC=CN(C)C(C)C. The Bertz CT molecular complexity index is 119. The van der Waals surface area contributed by atoms with Gasteiger partial charge < -0.3 is 4.90 Å². The molecule has 2 radical (unpaired) electrons. The molecule has 0 heterocycles. The summed E-state index contributed by atoms with van der Waals surface area (Å²) in [7, 11) is 7.66. The maximum absolute atomic E-state index is 5.58. The zero-order valence-corrected chi connectivity index (χ0v) is 8.04. The summed E-state index contributed by atoms with van der Waals surface area (Å²) in [5, 5.41) is 0. The van der Waals surface area contributed by atoms with Crippen LogP contribution in [0.4, 0.5) is 0 Å². The first-order valence-electron chi connectivity index (χ1n) is 4.18. The molecular weight excluding hydrogens is 133 g/mol. The Labute approximate surface area is 71.9 Å². The molecular formula is C9H18BN. The number of rotatable bonds is 4. The molecule has 0 aliphatic carbocycles. The van der Waals surface area contributed by atoms with E-state index < -0.39 is 0 Å². The monoisotopic (exact) mass is 151 g/mol. The second kappa shape index (κ2) is 5.28. The quantitative estimate of drug-likeness (QED) is 0.556. The molecule has 0 saturated carbocycles. The minimum atomic E-state index is 0.270. The molecule has 0 amide bonds. The van der Waals surface area contributed by atoms with Crippen LogP contribution in [-0.2, 0) is 0 Å². The highest BCUT2D eigenvalue weighted by molar-refractivity contribution is 6.11. The Morgan fingerprint density at radius 2 is 1.91 bits per heavy atom. The van der Waals surface area contributed by atoms with Crippen molar-refractivity contribution in [3.8, 4) is 0 Å². The van der Waals surface area contributed by atoms with E-state index in [2.05, 4.69) is 38.1 Å². The van der Waals surface area contributed by atoms with Crippen molar-refractivity contribution in [1.82, 2.24) is 4.90 Å². The fourth-order valence-electron chi connectivity index (χ4n) is 0.614. The van der Waals surface area contributed by atoms with Gasteiger partial charge >= 0.3 is 0 Å². The highest BCUT2D eigenvalue weighted by Gasteiger charge is 1.95. The standard InChI is InChI=1S/C9H18BN/c1-8(2)11(4)7-5-6-9(3)10/h5,7-9H,6H2,1-4H3. The van der Waals surface area contributed by atoms with Gasteiger partial charge in [0.2, 0.25) is 0 Å². The van der Waals surface area contributed by atoms with Crippen molar-refractivity contribution in [2.24, 2.45) is 0 Å². The molecule has 0 N–H and O–H groups in total. The summed E-state index contributed by atoms with van der Waals surface area (Å²) < 4.78 is 0. The van der Waals surface area contributed by atoms with Gasteiger partial charge in [-0.15, -0.1) is 0 Å². The first-order chi connectivity index (χ1) is 5.04.